The third-order valence-corrected chi connectivity index (χ3v) is 4.29. The van der Waals surface area contributed by atoms with Crippen molar-refractivity contribution in [2.75, 3.05) is 5.32 Å². The van der Waals surface area contributed by atoms with E-state index >= 15 is 0 Å². The van der Waals surface area contributed by atoms with Gasteiger partial charge in [-0.05, 0) is 31.9 Å². The molecule has 1 fully saturated rings. The quantitative estimate of drug-likeness (QED) is 0.908. The van der Waals surface area contributed by atoms with Crippen LogP contribution < -0.4 is 5.32 Å². The van der Waals surface area contributed by atoms with Gasteiger partial charge in [-0.2, -0.15) is 0 Å². The van der Waals surface area contributed by atoms with Crippen LogP contribution in [0.25, 0.3) is 0 Å². The molecule has 2 aromatic rings. The van der Waals surface area contributed by atoms with Gasteiger partial charge in [0.2, 0.25) is 0 Å². The number of aromatic nitrogens is 1. The number of hydrogen-bond acceptors (Lipinski definition) is 4. The van der Waals surface area contributed by atoms with Crippen molar-refractivity contribution in [1.29, 1.82) is 0 Å². The van der Waals surface area contributed by atoms with Crippen molar-refractivity contribution in [3.05, 3.63) is 46.0 Å². The Morgan fingerprint density at radius 3 is 2.76 bits per heavy atom. The Labute approximate surface area is 125 Å². The highest BCUT2D eigenvalue weighted by Gasteiger charge is 2.32. The van der Waals surface area contributed by atoms with Gasteiger partial charge < -0.3 is 5.11 Å². The largest absolute Gasteiger partial charge is 0.477 e. The predicted molar refractivity (Wildman–Crippen MR) is 80.2 cm³/mol. The predicted octanol–water partition coefficient (Wildman–Crippen LogP) is 3.28. The van der Waals surface area contributed by atoms with Crippen LogP contribution in [0.15, 0.2) is 24.3 Å². The van der Waals surface area contributed by atoms with Crippen molar-refractivity contribution < 1.29 is 14.7 Å². The normalized spacial score (nSPS) is 14.0. The lowest BCUT2D eigenvalue weighted by atomic mass is 10.1. The van der Waals surface area contributed by atoms with Crippen LogP contribution in [0.2, 0.25) is 0 Å². The highest BCUT2D eigenvalue weighted by molar-refractivity contribution is 7.17. The summed E-state index contributed by atoms with van der Waals surface area (Å²) in [5.74, 6) is -1.02. The van der Waals surface area contributed by atoms with Crippen LogP contribution in [-0.4, -0.2) is 22.0 Å². The number of anilines is 1. The number of aromatic carboxylic acids is 1. The summed E-state index contributed by atoms with van der Waals surface area (Å²) in [6.45, 7) is 1.91. The molecule has 3 rings (SSSR count). The Morgan fingerprint density at radius 1 is 1.38 bits per heavy atom. The smallest absolute Gasteiger partial charge is 0.347 e. The van der Waals surface area contributed by atoms with Gasteiger partial charge in [0, 0.05) is 11.5 Å². The number of nitrogens with one attached hydrogen (secondary N) is 1. The minimum Gasteiger partial charge on any atom is -0.477 e. The number of benzene rings is 1. The SMILES string of the molecule is Cc1cccc(C(=O)Nc2nc(C3CC3)c(C(=O)O)s2)c1. The third-order valence-electron chi connectivity index (χ3n) is 3.31. The summed E-state index contributed by atoms with van der Waals surface area (Å²) in [6, 6.07) is 7.22. The molecule has 1 aliphatic carbocycles. The zero-order valence-corrected chi connectivity index (χ0v) is 12.2. The van der Waals surface area contributed by atoms with Crippen molar-refractivity contribution in [1.82, 2.24) is 4.98 Å². The molecule has 6 heteroatoms. The number of rotatable bonds is 4. The summed E-state index contributed by atoms with van der Waals surface area (Å²) in [7, 11) is 0. The van der Waals surface area contributed by atoms with E-state index in [0.717, 1.165) is 29.7 Å². The van der Waals surface area contributed by atoms with E-state index in [-0.39, 0.29) is 16.7 Å². The zero-order valence-electron chi connectivity index (χ0n) is 11.4. The number of nitrogens with zero attached hydrogens (tertiary/aromatic N) is 1. The van der Waals surface area contributed by atoms with E-state index in [2.05, 4.69) is 10.3 Å². The molecule has 0 spiro atoms. The Kier molecular flexibility index (Phi) is 3.47. The van der Waals surface area contributed by atoms with Gasteiger partial charge in [-0.1, -0.05) is 29.0 Å². The second-order valence-electron chi connectivity index (χ2n) is 5.14. The Hall–Kier alpha value is -2.21. The molecule has 1 aliphatic rings. The number of carbonyl (C=O) groups is 2. The lowest BCUT2D eigenvalue weighted by Crippen LogP contribution is -2.11. The molecule has 5 nitrogen and oxygen atoms in total. The third kappa shape index (κ3) is 2.95. The average molecular weight is 302 g/mol. The molecule has 21 heavy (non-hydrogen) atoms. The van der Waals surface area contributed by atoms with Crippen LogP contribution in [0.1, 0.15) is 50.0 Å². The van der Waals surface area contributed by atoms with E-state index in [4.69, 9.17) is 0 Å². The van der Waals surface area contributed by atoms with Gasteiger partial charge in [-0.3, -0.25) is 10.1 Å². The Balaban J connectivity index is 1.83. The second kappa shape index (κ2) is 5.29. The first-order chi connectivity index (χ1) is 10.0. The van der Waals surface area contributed by atoms with Crippen molar-refractivity contribution in [2.45, 2.75) is 25.7 Å². The first-order valence-electron chi connectivity index (χ1n) is 6.66. The highest BCUT2D eigenvalue weighted by atomic mass is 32.1. The fourth-order valence-corrected chi connectivity index (χ4v) is 3.01. The van der Waals surface area contributed by atoms with E-state index < -0.39 is 5.97 Å². The van der Waals surface area contributed by atoms with Crippen molar-refractivity contribution >= 4 is 28.3 Å². The first kappa shape index (κ1) is 13.8. The topological polar surface area (TPSA) is 79.3 Å². The number of thiazole rings is 1. The number of carbonyl (C=O) groups excluding carboxylic acids is 1. The molecule has 1 amide bonds. The van der Waals surface area contributed by atoms with Crippen molar-refractivity contribution in [3.8, 4) is 0 Å². The van der Waals surface area contributed by atoms with Gasteiger partial charge in [0.15, 0.2) is 5.13 Å². The van der Waals surface area contributed by atoms with Crippen LogP contribution >= 0.6 is 11.3 Å². The average Bonchev–Trinajstić information content (AvgIpc) is 3.20. The molecule has 0 unspecified atom stereocenters. The highest BCUT2D eigenvalue weighted by Crippen LogP contribution is 2.43. The van der Waals surface area contributed by atoms with Gasteiger partial charge in [-0.25, -0.2) is 9.78 Å². The molecular formula is C15H14N2O3S. The summed E-state index contributed by atoms with van der Waals surface area (Å²) >= 11 is 1.02. The minimum absolute atomic E-state index is 0.233. The summed E-state index contributed by atoms with van der Waals surface area (Å²) in [4.78, 5) is 27.9. The lowest BCUT2D eigenvalue weighted by Gasteiger charge is -2.02. The molecule has 0 aliphatic heterocycles. The number of hydrogen-bond donors (Lipinski definition) is 2. The standard InChI is InChI=1S/C15H14N2O3S/c1-8-3-2-4-10(7-8)13(18)17-15-16-11(9-5-6-9)12(21-15)14(19)20/h2-4,7,9H,5-6H2,1H3,(H,19,20)(H,16,17,18). The maximum atomic E-state index is 12.2. The molecule has 2 N–H and O–H groups in total. The van der Waals surface area contributed by atoms with Crippen LogP contribution in [0, 0.1) is 6.92 Å². The summed E-state index contributed by atoms with van der Waals surface area (Å²) in [5, 5.41) is 12.2. The van der Waals surface area contributed by atoms with Crippen LogP contribution in [0.5, 0.6) is 0 Å². The fourth-order valence-electron chi connectivity index (χ4n) is 2.13. The molecule has 108 valence electrons. The van der Waals surface area contributed by atoms with Crippen LogP contribution in [0.4, 0.5) is 5.13 Å². The fraction of sp³-hybridized carbons (Fsp3) is 0.267. The molecule has 0 atom stereocenters. The second-order valence-corrected chi connectivity index (χ2v) is 6.14. The molecule has 1 aromatic heterocycles. The zero-order chi connectivity index (χ0) is 15.0. The number of aryl methyl sites for hydroxylation is 1. The minimum atomic E-state index is -0.981. The monoisotopic (exact) mass is 302 g/mol. The van der Waals surface area contributed by atoms with Gasteiger partial charge in [-0.15, -0.1) is 0 Å². The van der Waals surface area contributed by atoms with E-state index in [1.54, 1.807) is 12.1 Å². The summed E-state index contributed by atoms with van der Waals surface area (Å²) in [5.41, 5.74) is 2.13. The summed E-state index contributed by atoms with van der Waals surface area (Å²) < 4.78 is 0. The molecular weight excluding hydrogens is 288 g/mol. The Morgan fingerprint density at radius 2 is 2.14 bits per heavy atom. The lowest BCUT2D eigenvalue weighted by molar-refractivity contribution is 0.0700. The van der Waals surface area contributed by atoms with E-state index in [9.17, 15) is 14.7 Å². The first-order valence-corrected chi connectivity index (χ1v) is 7.48. The van der Waals surface area contributed by atoms with Gasteiger partial charge in [0.25, 0.3) is 5.91 Å². The molecule has 0 radical (unpaired) electrons. The molecule has 1 saturated carbocycles. The molecule has 1 aromatic carbocycles. The van der Waals surface area contributed by atoms with Gasteiger partial charge in [0.05, 0.1) is 5.69 Å². The molecule has 0 saturated heterocycles. The molecule has 1 heterocycles. The van der Waals surface area contributed by atoms with Gasteiger partial charge >= 0.3 is 5.97 Å². The van der Waals surface area contributed by atoms with E-state index in [1.165, 1.54) is 0 Å². The molecule has 0 bridgehead atoms. The van der Waals surface area contributed by atoms with Gasteiger partial charge in [0.1, 0.15) is 4.88 Å². The number of carboxylic acids is 1. The number of amides is 1. The van der Waals surface area contributed by atoms with Crippen molar-refractivity contribution in [2.24, 2.45) is 0 Å². The summed E-state index contributed by atoms with van der Waals surface area (Å²) in [6.07, 6.45) is 1.94. The van der Waals surface area contributed by atoms with Crippen molar-refractivity contribution in [3.63, 3.8) is 0 Å². The Bertz CT molecular complexity index is 719. The van der Waals surface area contributed by atoms with Crippen LogP contribution in [-0.2, 0) is 0 Å². The van der Waals surface area contributed by atoms with E-state index in [1.807, 2.05) is 19.1 Å². The van der Waals surface area contributed by atoms with E-state index in [0.29, 0.717) is 16.4 Å². The van der Waals surface area contributed by atoms with Crippen LogP contribution in [0.3, 0.4) is 0 Å². The maximum Gasteiger partial charge on any atom is 0.347 e. The number of carboxylic acid groups (broad SMARTS) is 1. The maximum absolute atomic E-state index is 12.2.